The van der Waals surface area contributed by atoms with E-state index < -0.39 is 0 Å². The van der Waals surface area contributed by atoms with Gasteiger partial charge in [-0.2, -0.15) is 0 Å². The van der Waals surface area contributed by atoms with Gasteiger partial charge in [0.15, 0.2) is 0 Å². The smallest absolute Gasteiger partial charge is 0.231 e. The first kappa shape index (κ1) is 17.9. The van der Waals surface area contributed by atoms with Gasteiger partial charge >= 0.3 is 0 Å². The maximum Gasteiger partial charge on any atom is 0.231 e. The first-order chi connectivity index (χ1) is 11.5. The molecule has 0 spiro atoms. The summed E-state index contributed by atoms with van der Waals surface area (Å²) in [5.74, 6) is -0.352. The third-order valence-corrected chi connectivity index (χ3v) is 3.83. The minimum absolute atomic E-state index is 0.0571. The quantitative estimate of drug-likeness (QED) is 0.755. The molecule has 1 amide bonds. The largest absolute Gasteiger partial charge is 0.369 e. The molecule has 0 bridgehead atoms. The van der Waals surface area contributed by atoms with Gasteiger partial charge in [0, 0.05) is 12.6 Å². The number of hydrogen-bond acceptors (Lipinski definition) is 4. The second-order valence-electron chi connectivity index (χ2n) is 6.17. The number of carbonyl (C=O) groups excluding carboxylic acids is 1. The van der Waals surface area contributed by atoms with E-state index in [1.54, 1.807) is 4.68 Å². The van der Waals surface area contributed by atoms with Gasteiger partial charge in [0.2, 0.25) is 5.91 Å². The molecule has 0 aliphatic rings. The van der Waals surface area contributed by atoms with Crippen LogP contribution in [0.25, 0.3) is 0 Å². The third kappa shape index (κ3) is 5.31. The molecule has 0 unspecified atom stereocenters. The van der Waals surface area contributed by atoms with Gasteiger partial charge in [0.1, 0.15) is 0 Å². The molecule has 0 fully saturated rings. The number of benzene rings is 1. The summed E-state index contributed by atoms with van der Waals surface area (Å²) in [5.41, 5.74) is 8.61. The molecule has 0 aliphatic heterocycles. The van der Waals surface area contributed by atoms with Crippen molar-refractivity contribution in [3.05, 3.63) is 59.4 Å². The fourth-order valence-electron chi connectivity index (χ4n) is 2.46. The Labute approximate surface area is 143 Å². The van der Waals surface area contributed by atoms with Crippen molar-refractivity contribution in [3.8, 4) is 0 Å². The van der Waals surface area contributed by atoms with E-state index in [0.717, 1.165) is 11.3 Å². The number of nitrogens with zero attached hydrogens (tertiary/aromatic N) is 4. The monoisotopic (exact) mass is 327 g/mol. The third-order valence-electron chi connectivity index (χ3n) is 3.83. The second kappa shape index (κ2) is 8.40. The van der Waals surface area contributed by atoms with Gasteiger partial charge in [0.25, 0.3) is 0 Å². The highest BCUT2D eigenvalue weighted by Gasteiger charge is 2.19. The Hall–Kier alpha value is -2.47. The van der Waals surface area contributed by atoms with Crippen LogP contribution in [0.2, 0.25) is 0 Å². The van der Waals surface area contributed by atoms with Crippen molar-refractivity contribution in [3.63, 3.8) is 0 Å². The molecule has 0 saturated heterocycles. The average molecular weight is 327 g/mol. The lowest BCUT2D eigenvalue weighted by Crippen LogP contribution is -2.35. The molecule has 1 aromatic carbocycles. The molecule has 0 saturated carbocycles. The van der Waals surface area contributed by atoms with Gasteiger partial charge in [-0.1, -0.05) is 47.2 Å². The summed E-state index contributed by atoms with van der Waals surface area (Å²) in [6.45, 7) is 7.55. The highest BCUT2D eigenvalue weighted by atomic mass is 16.1. The number of aromatic nitrogens is 3. The topological polar surface area (TPSA) is 77.0 Å². The lowest BCUT2D eigenvalue weighted by Gasteiger charge is -2.27. The van der Waals surface area contributed by atoms with Crippen LogP contribution in [0, 0.1) is 0 Å². The molecule has 0 radical (unpaired) electrons. The van der Waals surface area contributed by atoms with Gasteiger partial charge in [-0.25, -0.2) is 4.68 Å². The zero-order valence-electron chi connectivity index (χ0n) is 14.5. The van der Waals surface area contributed by atoms with E-state index in [2.05, 4.69) is 23.3 Å². The van der Waals surface area contributed by atoms with E-state index in [-0.39, 0.29) is 18.5 Å². The van der Waals surface area contributed by atoms with Gasteiger partial charge in [-0.05, 0) is 26.3 Å². The zero-order chi connectivity index (χ0) is 17.5. The molecule has 6 heteroatoms. The molecular weight excluding hydrogens is 302 g/mol. The first-order valence-electron chi connectivity index (χ1n) is 8.05. The van der Waals surface area contributed by atoms with Crippen LogP contribution in [0.3, 0.4) is 0 Å². The lowest BCUT2D eigenvalue weighted by molar-refractivity contribution is -0.119. The minimum atomic E-state index is -0.352. The lowest BCUT2D eigenvalue weighted by atomic mass is 10.1. The van der Waals surface area contributed by atoms with Gasteiger partial charge in [-0.15, -0.1) is 5.10 Å². The molecule has 128 valence electrons. The SMILES string of the molecule is CC(C)=CCn1cc(CN(CC(N)=O)[C@H](C)c2ccccc2)nn1. The van der Waals surface area contributed by atoms with Crippen molar-refractivity contribution >= 4 is 5.91 Å². The Morgan fingerprint density at radius 1 is 1.33 bits per heavy atom. The number of nitrogens with two attached hydrogens (primary N) is 1. The van der Waals surface area contributed by atoms with Gasteiger partial charge in [-0.3, -0.25) is 9.69 Å². The summed E-state index contributed by atoms with van der Waals surface area (Å²) >= 11 is 0. The maximum atomic E-state index is 11.4. The van der Waals surface area contributed by atoms with Crippen LogP contribution in [0.5, 0.6) is 0 Å². The molecule has 0 aliphatic carbocycles. The van der Waals surface area contributed by atoms with Crippen LogP contribution in [-0.4, -0.2) is 32.3 Å². The molecular formula is C18H25N5O. The molecule has 1 heterocycles. The predicted molar refractivity (Wildman–Crippen MR) is 93.9 cm³/mol. The Morgan fingerprint density at radius 3 is 2.67 bits per heavy atom. The molecule has 6 nitrogen and oxygen atoms in total. The van der Waals surface area contributed by atoms with Crippen molar-refractivity contribution in [2.45, 2.75) is 39.9 Å². The van der Waals surface area contributed by atoms with E-state index in [9.17, 15) is 4.79 Å². The molecule has 1 atom stereocenters. The highest BCUT2D eigenvalue weighted by molar-refractivity contribution is 5.76. The van der Waals surface area contributed by atoms with Crippen LogP contribution >= 0.6 is 0 Å². The van der Waals surface area contributed by atoms with Crippen molar-refractivity contribution in [1.29, 1.82) is 0 Å². The molecule has 2 rings (SSSR count). The standard InChI is InChI=1S/C18H25N5O/c1-14(2)9-10-23-12-17(20-21-23)11-22(13-18(19)24)15(3)16-7-5-4-6-8-16/h4-9,12,15H,10-11,13H2,1-3H3,(H2,19,24)/t15-/m1/s1. The summed E-state index contributed by atoms with van der Waals surface area (Å²) in [5, 5.41) is 8.34. The van der Waals surface area contributed by atoms with E-state index >= 15 is 0 Å². The van der Waals surface area contributed by atoms with E-state index in [4.69, 9.17) is 5.73 Å². The molecule has 1 aromatic heterocycles. The predicted octanol–water partition coefficient (Wildman–Crippen LogP) is 2.29. The Kier molecular flexibility index (Phi) is 6.26. The van der Waals surface area contributed by atoms with E-state index in [1.807, 2.05) is 55.3 Å². The summed E-state index contributed by atoms with van der Waals surface area (Å²) < 4.78 is 1.79. The second-order valence-corrected chi connectivity index (χ2v) is 6.17. The van der Waals surface area contributed by atoms with Crippen LogP contribution in [0.4, 0.5) is 0 Å². The number of carbonyl (C=O) groups is 1. The van der Waals surface area contributed by atoms with Crippen molar-refractivity contribution < 1.29 is 4.79 Å². The average Bonchev–Trinajstić information content (AvgIpc) is 2.99. The fourth-order valence-corrected chi connectivity index (χ4v) is 2.46. The summed E-state index contributed by atoms with van der Waals surface area (Å²) in [7, 11) is 0. The van der Waals surface area contributed by atoms with Crippen molar-refractivity contribution in [2.75, 3.05) is 6.54 Å². The Morgan fingerprint density at radius 2 is 2.04 bits per heavy atom. The number of primary amides is 1. The number of rotatable bonds is 8. The zero-order valence-corrected chi connectivity index (χ0v) is 14.5. The van der Waals surface area contributed by atoms with E-state index in [1.165, 1.54) is 5.57 Å². The number of amides is 1. The van der Waals surface area contributed by atoms with E-state index in [0.29, 0.717) is 13.1 Å². The van der Waals surface area contributed by atoms with Gasteiger partial charge < -0.3 is 5.73 Å². The summed E-state index contributed by atoms with van der Waals surface area (Å²) in [4.78, 5) is 13.5. The van der Waals surface area contributed by atoms with Crippen LogP contribution in [0.1, 0.15) is 38.1 Å². The first-order valence-corrected chi connectivity index (χ1v) is 8.05. The fraction of sp³-hybridized carbons (Fsp3) is 0.389. The normalized spacial score (nSPS) is 12.2. The number of allylic oxidation sites excluding steroid dienone is 2. The highest BCUT2D eigenvalue weighted by Crippen LogP contribution is 2.21. The van der Waals surface area contributed by atoms with Crippen molar-refractivity contribution in [1.82, 2.24) is 19.9 Å². The van der Waals surface area contributed by atoms with Crippen LogP contribution in [-0.2, 0) is 17.9 Å². The molecule has 24 heavy (non-hydrogen) atoms. The maximum absolute atomic E-state index is 11.4. The van der Waals surface area contributed by atoms with Crippen molar-refractivity contribution in [2.24, 2.45) is 5.73 Å². The van der Waals surface area contributed by atoms with Crippen LogP contribution < -0.4 is 5.73 Å². The van der Waals surface area contributed by atoms with Gasteiger partial charge in [0.05, 0.1) is 25.0 Å². The molecule has 2 aromatic rings. The minimum Gasteiger partial charge on any atom is -0.369 e. The summed E-state index contributed by atoms with van der Waals surface area (Å²) in [6, 6.07) is 10.1. The Bertz CT molecular complexity index is 688. The Balaban J connectivity index is 2.11. The number of hydrogen-bond donors (Lipinski definition) is 1. The summed E-state index contributed by atoms with van der Waals surface area (Å²) in [6.07, 6.45) is 4.00. The van der Waals surface area contributed by atoms with Crippen LogP contribution in [0.15, 0.2) is 48.2 Å². The molecule has 2 N–H and O–H groups in total.